The fraction of sp³-hybridized carbons (Fsp3) is 0.611. The number of hydrogen-bond donors (Lipinski definition) is 0. The van der Waals surface area contributed by atoms with Crippen molar-refractivity contribution in [1.82, 2.24) is 4.90 Å². The first kappa shape index (κ1) is 16.2. The Kier molecular flexibility index (Phi) is 5.95. The van der Waals surface area contributed by atoms with E-state index in [4.69, 9.17) is 4.74 Å². The summed E-state index contributed by atoms with van der Waals surface area (Å²) in [7, 11) is 0. The summed E-state index contributed by atoms with van der Waals surface area (Å²) in [5.74, 6) is 0.162. The van der Waals surface area contributed by atoms with Gasteiger partial charge < -0.3 is 4.74 Å². The van der Waals surface area contributed by atoms with Crippen molar-refractivity contribution in [3.8, 4) is 0 Å². The van der Waals surface area contributed by atoms with Crippen molar-refractivity contribution in [1.29, 1.82) is 0 Å². The first-order valence-electron chi connectivity index (χ1n) is 7.99. The standard InChI is InChI=1S/C18H27NO2/c1-14-13-18(16(3)20)15(2)12-17(14)6-4-5-7-19-8-10-21-11-9-19/h12-13H,4-11H2,1-3H3. The summed E-state index contributed by atoms with van der Waals surface area (Å²) in [4.78, 5) is 14.0. The number of carbonyl (C=O) groups excluding carboxylic acids is 1. The second-order valence-corrected chi connectivity index (χ2v) is 6.06. The van der Waals surface area contributed by atoms with Crippen LogP contribution >= 0.6 is 0 Å². The molecule has 2 rings (SSSR count). The maximum Gasteiger partial charge on any atom is 0.160 e. The smallest absolute Gasteiger partial charge is 0.160 e. The molecule has 21 heavy (non-hydrogen) atoms. The van der Waals surface area contributed by atoms with Gasteiger partial charge in [-0.1, -0.05) is 6.07 Å². The van der Waals surface area contributed by atoms with Crippen LogP contribution in [-0.2, 0) is 11.2 Å². The van der Waals surface area contributed by atoms with Crippen LogP contribution in [0.5, 0.6) is 0 Å². The third-order valence-corrected chi connectivity index (χ3v) is 4.34. The van der Waals surface area contributed by atoms with E-state index < -0.39 is 0 Å². The zero-order valence-corrected chi connectivity index (χ0v) is 13.6. The van der Waals surface area contributed by atoms with Gasteiger partial charge in [-0.25, -0.2) is 0 Å². The molecular weight excluding hydrogens is 262 g/mol. The normalized spacial score (nSPS) is 16.1. The Morgan fingerprint density at radius 3 is 2.52 bits per heavy atom. The Balaban J connectivity index is 1.82. The molecule has 3 nitrogen and oxygen atoms in total. The van der Waals surface area contributed by atoms with Crippen LogP contribution in [0.4, 0.5) is 0 Å². The van der Waals surface area contributed by atoms with Crippen molar-refractivity contribution in [3.05, 3.63) is 34.4 Å². The first-order valence-corrected chi connectivity index (χ1v) is 7.99. The predicted molar refractivity (Wildman–Crippen MR) is 86.1 cm³/mol. The largest absolute Gasteiger partial charge is 0.379 e. The Labute approximate surface area is 128 Å². The second-order valence-electron chi connectivity index (χ2n) is 6.06. The van der Waals surface area contributed by atoms with E-state index in [1.807, 2.05) is 6.92 Å². The van der Waals surface area contributed by atoms with Gasteiger partial charge in [0.15, 0.2) is 5.78 Å². The Morgan fingerprint density at radius 1 is 1.14 bits per heavy atom. The molecule has 0 unspecified atom stereocenters. The molecule has 1 aliphatic rings. The van der Waals surface area contributed by atoms with Crippen molar-refractivity contribution in [2.24, 2.45) is 0 Å². The van der Waals surface area contributed by atoms with E-state index in [2.05, 4.69) is 24.0 Å². The number of carbonyl (C=O) groups is 1. The SMILES string of the molecule is CC(=O)c1cc(C)c(CCCCN2CCOCC2)cc1C. The molecule has 1 fully saturated rings. The lowest BCUT2D eigenvalue weighted by Gasteiger charge is -2.26. The number of rotatable bonds is 6. The van der Waals surface area contributed by atoms with E-state index in [1.165, 1.54) is 30.5 Å². The van der Waals surface area contributed by atoms with Crippen LogP contribution in [0.25, 0.3) is 0 Å². The molecule has 1 aromatic carbocycles. The number of ether oxygens (including phenoxy) is 1. The Bertz CT molecular complexity index is 490. The number of hydrogen-bond acceptors (Lipinski definition) is 3. The highest BCUT2D eigenvalue weighted by molar-refractivity contribution is 5.95. The van der Waals surface area contributed by atoms with Gasteiger partial charge in [0.2, 0.25) is 0 Å². The van der Waals surface area contributed by atoms with Crippen LogP contribution in [0.1, 0.15) is 46.8 Å². The second kappa shape index (κ2) is 7.71. The summed E-state index contributed by atoms with van der Waals surface area (Å²) in [6, 6.07) is 4.25. The lowest BCUT2D eigenvalue weighted by molar-refractivity contribution is 0.0372. The minimum atomic E-state index is 0.162. The van der Waals surface area contributed by atoms with E-state index in [9.17, 15) is 4.79 Å². The van der Waals surface area contributed by atoms with Gasteiger partial charge in [-0.05, 0) is 69.3 Å². The topological polar surface area (TPSA) is 29.5 Å². The molecule has 0 N–H and O–H groups in total. The molecule has 0 atom stereocenters. The Morgan fingerprint density at radius 2 is 1.86 bits per heavy atom. The summed E-state index contributed by atoms with van der Waals surface area (Å²) >= 11 is 0. The number of morpholine rings is 1. The van der Waals surface area contributed by atoms with Crippen LogP contribution in [0, 0.1) is 13.8 Å². The molecule has 116 valence electrons. The molecule has 0 spiro atoms. The van der Waals surface area contributed by atoms with Crippen LogP contribution < -0.4 is 0 Å². The monoisotopic (exact) mass is 289 g/mol. The predicted octanol–water partition coefficient (Wildman–Crippen LogP) is 3.16. The molecule has 0 radical (unpaired) electrons. The highest BCUT2D eigenvalue weighted by Gasteiger charge is 2.10. The van der Waals surface area contributed by atoms with Gasteiger partial charge >= 0.3 is 0 Å². The van der Waals surface area contributed by atoms with Gasteiger partial charge in [-0.3, -0.25) is 9.69 Å². The van der Waals surface area contributed by atoms with Crippen molar-refractivity contribution in [2.45, 2.75) is 40.0 Å². The van der Waals surface area contributed by atoms with E-state index in [1.54, 1.807) is 6.92 Å². The average molecular weight is 289 g/mol. The van der Waals surface area contributed by atoms with Crippen LogP contribution in [0.15, 0.2) is 12.1 Å². The first-order chi connectivity index (χ1) is 10.1. The molecule has 1 saturated heterocycles. The van der Waals surface area contributed by atoms with Crippen LogP contribution in [-0.4, -0.2) is 43.5 Å². The van der Waals surface area contributed by atoms with Crippen molar-refractivity contribution < 1.29 is 9.53 Å². The van der Waals surface area contributed by atoms with Gasteiger partial charge in [0.1, 0.15) is 0 Å². The molecule has 1 aromatic rings. The highest BCUT2D eigenvalue weighted by atomic mass is 16.5. The van der Waals surface area contributed by atoms with Crippen LogP contribution in [0.3, 0.4) is 0 Å². The zero-order chi connectivity index (χ0) is 15.2. The maximum absolute atomic E-state index is 11.5. The highest BCUT2D eigenvalue weighted by Crippen LogP contribution is 2.18. The summed E-state index contributed by atoms with van der Waals surface area (Å²) in [5, 5.41) is 0. The summed E-state index contributed by atoms with van der Waals surface area (Å²) in [5.41, 5.74) is 4.61. The lowest BCUT2D eigenvalue weighted by atomic mass is 9.95. The Hall–Kier alpha value is -1.19. The quantitative estimate of drug-likeness (QED) is 0.595. The maximum atomic E-state index is 11.5. The number of Topliss-reactive ketones (excluding diaryl/α,β-unsaturated/α-hetero) is 1. The van der Waals surface area contributed by atoms with Crippen LogP contribution in [0.2, 0.25) is 0 Å². The summed E-state index contributed by atoms with van der Waals surface area (Å²) < 4.78 is 5.37. The number of unbranched alkanes of at least 4 members (excludes halogenated alkanes) is 1. The van der Waals surface area contributed by atoms with Crippen molar-refractivity contribution >= 4 is 5.78 Å². The molecule has 1 heterocycles. The minimum Gasteiger partial charge on any atom is -0.379 e. The zero-order valence-electron chi connectivity index (χ0n) is 13.6. The summed E-state index contributed by atoms with van der Waals surface area (Å²) in [6.45, 7) is 10.9. The molecule has 0 aliphatic carbocycles. The number of benzene rings is 1. The molecule has 0 amide bonds. The average Bonchev–Trinajstić information content (AvgIpc) is 2.47. The number of nitrogens with zero attached hydrogens (tertiary/aromatic N) is 1. The van der Waals surface area contributed by atoms with Gasteiger partial charge in [0, 0.05) is 18.7 Å². The van der Waals surface area contributed by atoms with E-state index in [0.29, 0.717) is 0 Å². The lowest BCUT2D eigenvalue weighted by Crippen LogP contribution is -2.36. The third-order valence-electron chi connectivity index (χ3n) is 4.34. The van der Waals surface area contributed by atoms with E-state index in [0.717, 1.165) is 43.9 Å². The molecule has 0 aromatic heterocycles. The van der Waals surface area contributed by atoms with Gasteiger partial charge in [-0.15, -0.1) is 0 Å². The van der Waals surface area contributed by atoms with Gasteiger partial charge in [-0.2, -0.15) is 0 Å². The number of aryl methyl sites for hydroxylation is 3. The number of ketones is 1. The third kappa shape index (κ3) is 4.65. The van der Waals surface area contributed by atoms with Gasteiger partial charge in [0.05, 0.1) is 13.2 Å². The summed E-state index contributed by atoms with van der Waals surface area (Å²) in [6.07, 6.45) is 3.54. The molecule has 3 heteroatoms. The fourth-order valence-corrected chi connectivity index (χ4v) is 3.00. The fourth-order valence-electron chi connectivity index (χ4n) is 3.00. The van der Waals surface area contributed by atoms with Crippen molar-refractivity contribution in [3.63, 3.8) is 0 Å². The molecule has 0 bridgehead atoms. The molecule has 1 aliphatic heterocycles. The van der Waals surface area contributed by atoms with E-state index in [-0.39, 0.29) is 5.78 Å². The molecular formula is C18H27NO2. The van der Waals surface area contributed by atoms with Gasteiger partial charge in [0.25, 0.3) is 0 Å². The minimum absolute atomic E-state index is 0.162. The molecule has 0 saturated carbocycles. The van der Waals surface area contributed by atoms with Crippen molar-refractivity contribution in [2.75, 3.05) is 32.8 Å². The van der Waals surface area contributed by atoms with E-state index >= 15 is 0 Å².